The lowest BCUT2D eigenvalue weighted by atomic mass is 9.95. The van der Waals surface area contributed by atoms with Crippen molar-refractivity contribution < 1.29 is 33.6 Å². The van der Waals surface area contributed by atoms with Gasteiger partial charge in [-0.25, -0.2) is 14.6 Å². The van der Waals surface area contributed by atoms with E-state index in [9.17, 15) is 14.4 Å². The van der Waals surface area contributed by atoms with Crippen molar-refractivity contribution in [2.24, 2.45) is 4.99 Å². The van der Waals surface area contributed by atoms with Gasteiger partial charge >= 0.3 is 11.9 Å². The zero-order valence-electron chi connectivity index (χ0n) is 21.5. The first-order valence-electron chi connectivity index (χ1n) is 11.7. The lowest BCUT2D eigenvalue weighted by Crippen LogP contribution is -2.40. The van der Waals surface area contributed by atoms with E-state index in [0.717, 1.165) is 0 Å². The number of carboxylic acid groups (broad SMARTS) is 1. The number of nitrogens with zero attached hydrogens (tertiary/aromatic N) is 2. The molecule has 1 aliphatic heterocycles. The van der Waals surface area contributed by atoms with Gasteiger partial charge < -0.3 is 24.1 Å². The average Bonchev–Trinajstić information content (AvgIpc) is 3.21. The van der Waals surface area contributed by atoms with Crippen LogP contribution >= 0.6 is 27.3 Å². The van der Waals surface area contributed by atoms with Crippen LogP contribution in [0.2, 0.25) is 0 Å². The Morgan fingerprint density at radius 1 is 1.15 bits per heavy atom. The fraction of sp³-hybridized carbons (Fsp3) is 0.259. The van der Waals surface area contributed by atoms with Gasteiger partial charge in [0, 0.05) is 11.6 Å². The number of hydrogen-bond acceptors (Lipinski definition) is 9. The Morgan fingerprint density at radius 3 is 2.56 bits per heavy atom. The van der Waals surface area contributed by atoms with Crippen molar-refractivity contribution >= 4 is 45.3 Å². The third kappa shape index (κ3) is 5.76. The number of aliphatic carboxylic acids is 1. The number of allylic oxidation sites excluding steroid dienone is 1. The smallest absolute Gasteiger partial charge is 0.341 e. The molecule has 0 saturated heterocycles. The highest BCUT2D eigenvalue weighted by Crippen LogP contribution is 2.37. The molecule has 0 unspecified atom stereocenters. The summed E-state index contributed by atoms with van der Waals surface area (Å²) in [7, 11) is 3.04. The Labute approximate surface area is 235 Å². The highest BCUT2D eigenvalue weighted by Gasteiger charge is 2.35. The van der Waals surface area contributed by atoms with Gasteiger partial charge in [0.25, 0.3) is 5.56 Å². The Balaban J connectivity index is 1.89. The van der Waals surface area contributed by atoms with Crippen molar-refractivity contribution in [1.29, 1.82) is 0 Å². The average molecular weight is 617 g/mol. The maximum Gasteiger partial charge on any atom is 0.341 e. The van der Waals surface area contributed by atoms with Crippen LogP contribution in [0.4, 0.5) is 0 Å². The number of esters is 1. The van der Waals surface area contributed by atoms with Crippen LogP contribution in [-0.4, -0.2) is 49.0 Å². The molecule has 1 aliphatic rings. The molecule has 4 rings (SSSR count). The van der Waals surface area contributed by atoms with Crippen LogP contribution in [0.25, 0.3) is 6.08 Å². The first-order chi connectivity index (χ1) is 18.7. The number of halogens is 1. The summed E-state index contributed by atoms with van der Waals surface area (Å²) in [6, 6.07) is 9.37. The molecule has 0 aliphatic carbocycles. The summed E-state index contributed by atoms with van der Waals surface area (Å²) in [5.41, 5.74) is 1.58. The minimum absolute atomic E-state index is 0.160. The number of fused-ring (bicyclic) bond motifs is 1. The Morgan fingerprint density at radius 2 is 1.92 bits per heavy atom. The van der Waals surface area contributed by atoms with Crippen LogP contribution in [-0.2, 0) is 14.3 Å². The van der Waals surface area contributed by atoms with E-state index < -0.39 is 24.6 Å². The van der Waals surface area contributed by atoms with Gasteiger partial charge in [-0.3, -0.25) is 9.36 Å². The number of methoxy groups -OCH3 is 2. The van der Waals surface area contributed by atoms with Gasteiger partial charge in [-0.05, 0) is 65.7 Å². The second-order valence-corrected chi connectivity index (χ2v) is 10.1. The first kappa shape index (κ1) is 28.1. The van der Waals surface area contributed by atoms with Gasteiger partial charge in [0.15, 0.2) is 11.4 Å². The van der Waals surface area contributed by atoms with Crippen LogP contribution < -0.4 is 29.1 Å². The fourth-order valence-electron chi connectivity index (χ4n) is 4.14. The molecule has 10 nitrogen and oxygen atoms in total. The molecule has 204 valence electrons. The van der Waals surface area contributed by atoms with Crippen molar-refractivity contribution in [1.82, 2.24) is 4.57 Å². The molecule has 1 atom stereocenters. The molecule has 1 N–H and O–H groups in total. The Bertz CT molecular complexity index is 1660. The monoisotopic (exact) mass is 616 g/mol. The van der Waals surface area contributed by atoms with Crippen LogP contribution in [0, 0.1) is 0 Å². The second kappa shape index (κ2) is 11.9. The van der Waals surface area contributed by atoms with Gasteiger partial charge in [0.2, 0.25) is 0 Å². The fourth-order valence-corrected chi connectivity index (χ4v) is 5.70. The number of thiazole rings is 1. The second-order valence-electron chi connectivity index (χ2n) is 8.28. The summed E-state index contributed by atoms with van der Waals surface area (Å²) >= 11 is 4.57. The summed E-state index contributed by atoms with van der Waals surface area (Å²) in [5.74, 6) is -0.309. The topological polar surface area (TPSA) is 126 Å². The number of aromatic nitrogens is 1. The van der Waals surface area contributed by atoms with Crippen molar-refractivity contribution in [3.05, 3.63) is 83.0 Å². The zero-order valence-corrected chi connectivity index (χ0v) is 23.9. The third-order valence-electron chi connectivity index (χ3n) is 5.86. The number of carbonyl (C=O) groups excluding carboxylic acids is 1. The van der Waals surface area contributed by atoms with Crippen LogP contribution in [0.5, 0.6) is 17.2 Å². The van der Waals surface area contributed by atoms with E-state index in [-0.39, 0.29) is 17.7 Å². The summed E-state index contributed by atoms with van der Waals surface area (Å²) in [5, 5.41) is 8.85. The molecule has 2 heterocycles. The highest BCUT2D eigenvalue weighted by atomic mass is 79.9. The van der Waals surface area contributed by atoms with E-state index in [1.165, 1.54) is 30.1 Å². The number of carboxylic acids is 1. The van der Waals surface area contributed by atoms with Crippen LogP contribution in [0.1, 0.15) is 31.0 Å². The molecular weight excluding hydrogens is 592 g/mol. The van der Waals surface area contributed by atoms with Gasteiger partial charge in [-0.1, -0.05) is 17.4 Å². The molecule has 1 aromatic heterocycles. The van der Waals surface area contributed by atoms with E-state index in [1.807, 2.05) is 0 Å². The predicted octanol–water partition coefficient (Wildman–Crippen LogP) is 3.04. The first-order valence-corrected chi connectivity index (χ1v) is 13.3. The standard InChI is InChI=1S/C27H25BrN2O8S/c1-5-37-26(34)23-14(2)29-27-30(24(23)17-8-7-16(35-3)12-20(17)36-4)25(33)21(39-27)11-15-6-9-19(18(28)10-15)38-13-22(31)32/h6-12,24H,5,13H2,1-4H3,(H,31,32)/b21-11+/t24-/m1/s1. The SMILES string of the molecule is CCOC(=O)C1=C(C)N=c2s/c(=C/c3ccc(OCC(=O)O)c(Br)c3)c(=O)n2[C@@H]1c1ccc(OC)cc1OC. The quantitative estimate of drug-likeness (QED) is 0.364. The molecule has 3 aromatic rings. The number of carbonyl (C=O) groups is 2. The predicted molar refractivity (Wildman–Crippen MR) is 147 cm³/mol. The molecule has 0 radical (unpaired) electrons. The van der Waals surface area contributed by atoms with Crippen LogP contribution in [0.15, 0.2) is 61.9 Å². The highest BCUT2D eigenvalue weighted by molar-refractivity contribution is 9.10. The lowest BCUT2D eigenvalue weighted by molar-refractivity contribution is -0.140. The van der Waals surface area contributed by atoms with Crippen molar-refractivity contribution in [3.8, 4) is 17.2 Å². The minimum Gasteiger partial charge on any atom is -0.497 e. The maximum absolute atomic E-state index is 13.8. The molecule has 0 fully saturated rings. The van der Waals surface area contributed by atoms with Gasteiger partial charge in [-0.2, -0.15) is 0 Å². The van der Waals surface area contributed by atoms with Crippen molar-refractivity contribution in [2.75, 3.05) is 27.4 Å². The normalized spacial score (nSPS) is 14.9. The van der Waals surface area contributed by atoms with E-state index in [2.05, 4.69) is 20.9 Å². The van der Waals surface area contributed by atoms with Gasteiger partial charge in [0.1, 0.15) is 23.3 Å². The molecule has 0 bridgehead atoms. The van der Waals surface area contributed by atoms with Gasteiger partial charge in [-0.15, -0.1) is 0 Å². The van der Waals surface area contributed by atoms with Gasteiger partial charge in [0.05, 0.1) is 41.1 Å². The van der Waals surface area contributed by atoms with E-state index >= 15 is 0 Å². The molecule has 39 heavy (non-hydrogen) atoms. The van der Waals surface area contributed by atoms with Crippen molar-refractivity contribution in [3.63, 3.8) is 0 Å². The number of rotatable bonds is 9. The molecule has 2 aromatic carbocycles. The molecule has 0 amide bonds. The van der Waals surface area contributed by atoms with Crippen LogP contribution in [0.3, 0.4) is 0 Å². The molecular formula is C27H25BrN2O8S. The Kier molecular flexibility index (Phi) is 8.56. The number of benzene rings is 2. The molecule has 12 heteroatoms. The maximum atomic E-state index is 13.8. The molecule has 0 saturated carbocycles. The number of ether oxygens (including phenoxy) is 4. The summed E-state index contributed by atoms with van der Waals surface area (Å²) < 4.78 is 23.9. The summed E-state index contributed by atoms with van der Waals surface area (Å²) in [6.45, 7) is 3.10. The van der Waals surface area contributed by atoms with E-state index in [4.69, 9.17) is 24.1 Å². The van der Waals surface area contributed by atoms with Crippen molar-refractivity contribution in [2.45, 2.75) is 19.9 Å². The third-order valence-corrected chi connectivity index (χ3v) is 7.46. The molecule has 0 spiro atoms. The largest absolute Gasteiger partial charge is 0.497 e. The Hall–Kier alpha value is -3.90. The summed E-state index contributed by atoms with van der Waals surface area (Å²) in [4.78, 5) is 42.8. The zero-order chi connectivity index (χ0) is 28.3. The minimum atomic E-state index is -1.09. The number of hydrogen-bond donors (Lipinski definition) is 1. The lowest BCUT2D eigenvalue weighted by Gasteiger charge is -2.26. The van der Waals surface area contributed by atoms with E-state index in [0.29, 0.717) is 47.9 Å². The summed E-state index contributed by atoms with van der Waals surface area (Å²) in [6.07, 6.45) is 1.70. The van der Waals surface area contributed by atoms with E-state index in [1.54, 1.807) is 56.3 Å².